The Hall–Kier alpha value is -2.60. The third-order valence-electron chi connectivity index (χ3n) is 4.79. The quantitative estimate of drug-likeness (QED) is 0.741. The number of hydrogen-bond acceptors (Lipinski definition) is 4. The second-order valence-corrected chi connectivity index (χ2v) is 8.22. The molecule has 0 aliphatic carbocycles. The molecule has 2 N–H and O–H groups in total. The fourth-order valence-corrected chi connectivity index (χ4v) is 3.83. The summed E-state index contributed by atoms with van der Waals surface area (Å²) in [6.45, 7) is 6.35. The number of aryl methyl sites for hydroxylation is 1. The van der Waals surface area contributed by atoms with E-state index in [9.17, 15) is 9.59 Å². The Morgan fingerprint density at radius 1 is 1.18 bits per heavy atom. The van der Waals surface area contributed by atoms with Gasteiger partial charge in [-0.15, -0.1) is 0 Å². The van der Waals surface area contributed by atoms with Gasteiger partial charge in [-0.05, 0) is 49.1 Å². The summed E-state index contributed by atoms with van der Waals surface area (Å²) >= 11 is 1.30. The van der Waals surface area contributed by atoms with E-state index in [4.69, 9.17) is 0 Å². The molecular formula is C22H25N3O2S. The third-order valence-corrected chi connectivity index (χ3v) is 5.87. The summed E-state index contributed by atoms with van der Waals surface area (Å²) in [5.74, 6) is 0.147. The van der Waals surface area contributed by atoms with E-state index in [1.165, 1.54) is 17.3 Å². The Balaban J connectivity index is 1.59. The molecule has 0 radical (unpaired) electrons. The van der Waals surface area contributed by atoms with Gasteiger partial charge in [-0.25, -0.2) is 4.99 Å². The highest BCUT2D eigenvalue weighted by Crippen LogP contribution is 2.27. The molecule has 1 saturated heterocycles. The first kappa shape index (κ1) is 20.1. The van der Waals surface area contributed by atoms with Crippen LogP contribution in [0, 0.1) is 6.92 Å². The minimum Gasteiger partial charge on any atom is -0.326 e. The number of aliphatic imine (C=N–C) groups is 1. The van der Waals surface area contributed by atoms with Crippen molar-refractivity contribution in [3.05, 3.63) is 59.7 Å². The molecule has 146 valence electrons. The maximum Gasteiger partial charge on any atom is 0.240 e. The average Bonchev–Trinajstić information content (AvgIpc) is 3.02. The summed E-state index contributed by atoms with van der Waals surface area (Å²) in [7, 11) is 0. The van der Waals surface area contributed by atoms with Gasteiger partial charge in [0.05, 0.1) is 5.69 Å². The number of nitrogens with one attached hydrogen (secondary N) is 2. The monoisotopic (exact) mass is 395 g/mol. The summed E-state index contributed by atoms with van der Waals surface area (Å²) in [6, 6.07) is 15.6. The number of thioether (sulfide) groups is 1. The zero-order valence-electron chi connectivity index (χ0n) is 16.4. The number of benzene rings is 2. The van der Waals surface area contributed by atoms with Gasteiger partial charge in [0.2, 0.25) is 11.8 Å². The lowest BCUT2D eigenvalue weighted by Gasteiger charge is -2.08. The number of anilines is 1. The molecular weight excluding hydrogens is 370 g/mol. The Morgan fingerprint density at radius 3 is 2.50 bits per heavy atom. The Kier molecular flexibility index (Phi) is 6.52. The van der Waals surface area contributed by atoms with Crippen molar-refractivity contribution >= 4 is 40.1 Å². The zero-order valence-corrected chi connectivity index (χ0v) is 17.2. The summed E-state index contributed by atoms with van der Waals surface area (Å²) in [5, 5.41) is 5.67. The minimum atomic E-state index is -0.469. The molecule has 6 heteroatoms. The second-order valence-electron chi connectivity index (χ2n) is 7.03. The molecule has 28 heavy (non-hydrogen) atoms. The highest BCUT2D eigenvalue weighted by molar-refractivity contribution is 8.15. The summed E-state index contributed by atoms with van der Waals surface area (Å²) in [4.78, 5) is 28.9. The predicted molar refractivity (Wildman–Crippen MR) is 116 cm³/mol. The smallest absolute Gasteiger partial charge is 0.240 e. The van der Waals surface area contributed by atoms with E-state index in [0.717, 1.165) is 23.4 Å². The molecule has 5 nitrogen and oxygen atoms in total. The van der Waals surface area contributed by atoms with E-state index in [1.807, 2.05) is 43.3 Å². The molecule has 1 heterocycles. The van der Waals surface area contributed by atoms with Crippen LogP contribution >= 0.6 is 11.8 Å². The highest BCUT2D eigenvalue weighted by Gasteiger charge is 2.32. The van der Waals surface area contributed by atoms with Gasteiger partial charge in [-0.2, -0.15) is 0 Å². The van der Waals surface area contributed by atoms with Crippen molar-refractivity contribution in [1.82, 2.24) is 5.32 Å². The van der Waals surface area contributed by atoms with Crippen LogP contribution in [0.2, 0.25) is 0 Å². The lowest BCUT2D eigenvalue weighted by atomic mass is 9.99. The van der Waals surface area contributed by atoms with Gasteiger partial charge in [0.15, 0.2) is 5.17 Å². The summed E-state index contributed by atoms with van der Waals surface area (Å²) in [5.41, 5.74) is 3.93. The minimum absolute atomic E-state index is 0.107. The standard InChI is InChI=1S/C22H25N3O2S/c1-4-15(3)16-7-11-18(12-8-16)24-22-25-21(27)19(28-22)13-20(26)23-17-9-5-14(2)6-10-17/h5-12,15,19H,4,13H2,1-3H3,(H,23,26)(H,24,25,27)/t15-,19-/m1/s1. The molecule has 0 saturated carbocycles. The first-order chi connectivity index (χ1) is 13.4. The number of amides is 2. The van der Waals surface area contributed by atoms with Crippen LogP contribution in [0.15, 0.2) is 53.5 Å². The lowest BCUT2D eigenvalue weighted by molar-refractivity contribution is -0.122. The Morgan fingerprint density at radius 2 is 1.86 bits per heavy atom. The van der Waals surface area contributed by atoms with Crippen LogP contribution in [0.1, 0.15) is 43.7 Å². The first-order valence-electron chi connectivity index (χ1n) is 9.47. The van der Waals surface area contributed by atoms with Crippen molar-refractivity contribution in [3.63, 3.8) is 0 Å². The largest absolute Gasteiger partial charge is 0.326 e. The molecule has 2 atom stereocenters. The van der Waals surface area contributed by atoms with Gasteiger partial charge in [0.25, 0.3) is 0 Å². The van der Waals surface area contributed by atoms with E-state index in [2.05, 4.69) is 41.6 Å². The summed E-state index contributed by atoms with van der Waals surface area (Å²) < 4.78 is 0. The number of amidine groups is 1. The average molecular weight is 396 g/mol. The van der Waals surface area contributed by atoms with Crippen molar-refractivity contribution in [2.24, 2.45) is 4.99 Å². The van der Waals surface area contributed by atoms with Crippen molar-refractivity contribution < 1.29 is 9.59 Å². The molecule has 3 rings (SSSR count). The normalized spacial score (nSPS) is 18.8. The zero-order chi connectivity index (χ0) is 20.1. The van der Waals surface area contributed by atoms with Crippen LogP contribution in [0.3, 0.4) is 0 Å². The molecule has 2 aromatic carbocycles. The number of hydrogen-bond donors (Lipinski definition) is 2. The molecule has 1 aliphatic rings. The maximum atomic E-state index is 12.2. The molecule has 1 aliphatic heterocycles. The number of carbonyl (C=O) groups is 2. The molecule has 0 unspecified atom stereocenters. The first-order valence-corrected chi connectivity index (χ1v) is 10.3. The fourth-order valence-electron chi connectivity index (χ4n) is 2.84. The fraction of sp³-hybridized carbons (Fsp3) is 0.318. The van der Waals surface area contributed by atoms with Crippen LogP contribution in [0.4, 0.5) is 11.4 Å². The van der Waals surface area contributed by atoms with E-state index in [0.29, 0.717) is 11.1 Å². The van der Waals surface area contributed by atoms with Crippen LogP contribution in [-0.4, -0.2) is 22.2 Å². The third kappa shape index (κ3) is 5.23. The van der Waals surface area contributed by atoms with Crippen LogP contribution < -0.4 is 10.6 Å². The Labute approximate surface area is 170 Å². The molecule has 0 spiro atoms. The molecule has 2 amide bonds. The van der Waals surface area contributed by atoms with Gasteiger partial charge < -0.3 is 10.6 Å². The van der Waals surface area contributed by atoms with Gasteiger partial charge in [-0.3, -0.25) is 9.59 Å². The predicted octanol–water partition coefficient (Wildman–Crippen LogP) is 4.76. The highest BCUT2D eigenvalue weighted by atomic mass is 32.2. The van der Waals surface area contributed by atoms with Gasteiger partial charge in [0, 0.05) is 12.1 Å². The topological polar surface area (TPSA) is 70.6 Å². The Bertz CT molecular complexity index is 876. The van der Waals surface area contributed by atoms with Gasteiger partial charge >= 0.3 is 0 Å². The molecule has 0 bridgehead atoms. The van der Waals surface area contributed by atoms with Gasteiger partial charge in [-0.1, -0.05) is 55.4 Å². The summed E-state index contributed by atoms with van der Waals surface area (Å²) in [6.07, 6.45) is 1.20. The molecule has 0 aromatic heterocycles. The van der Waals surface area contributed by atoms with E-state index < -0.39 is 5.25 Å². The molecule has 2 aromatic rings. The van der Waals surface area contributed by atoms with Crippen molar-refractivity contribution in [3.8, 4) is 0 Å². The van der Waals surface area contributed by atoms with Crippen molar-refractivity contribution in [2.45, 2.75) is 44.8 Å². The van der Waals surface area contributed by atoms with Gasteiger partial charge in [0.1, 0.15) is 5.25 Å². The van der Waals surface area contributed by atoms with E-state index in [-0.39, 0.29) is 18.2 Å². The van der Waals surface area contributed by atoms with Crippen molar-refractivity contribution in [2.75, 3.05) is 5.32 Å². The van der Waals surface area contributed by atoms with Crippen LogP contribution in [-0.2, 0) is 9.59 Å². The lowest BCUT2D eigenvalue weighted by Crippen LogP contribution is -2.28. The maximum absolute atomic E-state index is 12.2. The van der Waals surface area contributed by atoms with E-state index in [1.54, 1.807) is 0 Å². The van der Waals surface area contributed by atoms with Crippen LogP contribution in [0.5, 0.6) is 0 Å². The second kappa shape index (κ2) is 9.06. The van der Waals surface area contributed by atoms with E-state index >= 15 is 0 Å². The number of nitrogens with zero attached hydrogens (tertiary/aromatic N) is 1. The molecule has 1 fully saturated rings. The van der Waals surface area contributed by atoms with Crippen LogP contribution in [0.25, 0.3) is 0 Å². The number of rotatable bonds is 6. The number of carbonyl (C=O) groups excluding carboxylic acids is 2. The SMILES string of the molecule is CC[C@@H](C)c1ccc(N=C2NC(=O)[C@@H](CC(=O)Nc3ccc(C)cc3)S2)cc1. The van der Waals surface area contributed by atoms with Crippen molar-refractivity contribution in [1.29, 1.82) is 0 Å².